The van der Waals surface area contributed by atoms with Gasteiger partial charge in [0.2, 0.25) is 0 Å². The van der Waals surface area contributed by atoms with Gasteiger partial charge in [0.05, 0.1) is 0 Å². The van der Waals surface area contributed by atoms with Crippen molar-refractivity contribution in [1.29, 1.82) is 0 Å². The lowest BCUT2D eigenvalue weighted by molar-refractivity contribution is 0.306. The molecule has 1 heteroatoms. The summed E-state index contributed by atoms with van der Waals surface area (Å²) in [6, 6.07) is 25.7. The summed E-state index contributed by atoms with van der Waals surface area (Å²) in [6.07, 6.45) is 11.9. The third-order valence-electron chi connectivity index (χ3n) is 4.91. The average molecular weight is 383 g/mol. The van der Waals surface area contributed by atoms with Gasteiger partial charge in [0.1, 0.15) is 12.4 Å². The van der Waals surface area contributed by atoms with Gasteiger partial charge in [-0.15, -0.1) is 0 Å². The largest absolute Gasteiger partial charge is 0.489 e. The molecule has 148 valence electrons. The second kappa shape index (κ2) is 11.1. The van der Waals surface area contributed by atoms with Crippen LogP contribution in [0.3, 0.4) is 0 Å². The molecule has 1 nitrogen and oxygen atoms in total. The van der Waals surface area contributed by atoms with Crippen molar-refractivity contribution in [2.75, 3.05) is 0 Å². The molecule has 29 heavy (non-hydrogen) atoms. The van der Waals surface area contributed by atoms with Crippen molar-refractivity contribution >= 4 is 6.08 Å². The Morgan fingerprint density at radius 2 is 1.34 bits per heavy atom. The molecular formula is C28H30O. The Labute approximate surface area is 175 Å². The molecule has 0 fully saturated rings. The van der Waals surface area contributed by atoms with Gasteiger partial charge in [-0.05, 0) is 66.1 Å². The first-order chi connectivity index (χ1) is 14.3. The molecule has 3 aromatic carbocycles. The van der Waals surface area contributed by atoms with Crippen LogP contribution in [0.2, 0.25) is 0 Å². The summed E-state index contributed by atoms with van der Waals surface area (Å²) >= 11 is 0. The molecule has 0 aliphatic carbocycles. The number of hydrogen-bond donors (Lipinski definition) is 0. The molecule has 0 atom stereocenters. The third kappa shape index (κ3) is 6.50. The summed E-state index contributed by atoms with van der Waals surface area (Å²) in [4.78, 5) is 0. The van der Waals surface area contributed by atoms with Gasteiger partial charge in [-0.25, -0.2) is 0 Å². The Hall–Kier alpha value is -3.06. The fraction of sp³-hybridized carbons (Fsp3) is 0.214. The highest BCUT2D eigenvalue weighted by Crippen LogP contribution is 2.24. The van der Waals surface area contributed by atoms with Gasteiger partial charge in [-0.3, -0.25) is 0 Å². The van der Waals surface area contributed by atoms with Gasteiger partial charge in [0.25, 0.3) is 0 Å². The SMILES string of the molecule is C/C=C/CCc1ccc(-c2ccc(OCc3ccc(/C=C/CC)cc3)cc2)cc1. The smallest absolute Gasteiger partial charge is 0.119 e. The topological polar surface area (TPSA) is 9.23 Å². The van der Waals surface area contributed by atoms with E-state index in [0.717, 1.165) is 25.0 Å². The number of allylic oxidation sites excluding steroid dienone is 3. The highest BCUT2D eigenvalue weighted by atomic mass is 16.5. The van der Waals surface area contributed by atoms with Crippen LogP contribution < -0.4 is 4.74 Å². The molecule has 0 aliphatic rings. The molecule has 0 aliphatic heterocycles. The first kappa shape index (κ1) is 20.7. The summed E-state index contributed by atoms with van der Waals surface area (Å²) < 4.78 is 5.95. The van der Waals surface area contributed by atoms with Crippen LogP contribution in [0, 0.1) is 0 Å². The highest BCUT2D eigenvalue weighted by Gasteiger charge is 2.01. The van der Waals surface area contributed by atoms with Crippen LogP contribution in [0.25, 0.3) is 17.2 Å². The maximum atomic E-state index is 5.95. The Balaban J connectivity index is 1.55. The Kier molecular flexibility index (Phi) is 7.89. The fourth-order valence-electron chi connectivity index (χ4n) is 3.17. The quantitative estimate of drug-likeness (QED) is 0.342. The molecule has 0 N–H and O–H groups in total. The van der Waals surface area contributed by atoms with Crippen molar-refractivity contribution in [3.8, 4) is 16.9 Å². The molecule has 0 radical (unpaired) electrons. The molecule has 3 rings (SSSR count). The van der Waals surface area contributed by atoms with Gasteiger partial charge >= 0.3 is 0 Å². The zero-order chi connectivity index (χ0) is 20.3. The predicted molar refractivity (Wildman–Crippen MR) is 125 cm³/mol. The Morgan fingerprint density at radius 1 is 0.724 bits per heavy atom. The monoisotopic (exact) mass is 382 g/mol. The Morgan fingerprint density at radius 3 is 1.97 bits per heavy atom. The Bertz CT molecular complexity index is 914. The summed E-state index contributed by atoms with van der Waals surface area (Å²) in [5.41, 5.74) is 6.23. The summed E-state index contributed by atoms with van der Waals surface area (Å²) in [5, 5.41) is 0. The second-order valence-electron chi connectivity index (χ2n) is 7.17. The molecule has 0 unspecified atom stereocenters. The van der Waals surface area contributed by atoms with Crippen molar-refractivity contribution in [1.82, 2.24) is 0 Å². The van der Waals surface area contributed by atoms with Crippen molar-refractivity contribution in [2.45, 2.75) is 39.7 Å². The minimum atomic E-state index is 0.581. The van der Waals surface area contributed by atoms with Crippen LogP contribution >= 0.6 is 0 Å². The minimum Gasteiger partial charge on any atom is -0.489 e. The van der Waals surface area contributed by atoms with Crippen LogP contribution in [-0.4, -0.2) is 0 Å². The summed E-state index contributed by atoms with van der Waals surface area (Å²) in [6.45, 7) is 4.79. The van der Waals surface area contributed by atoms with Crippen LogP contribution in [0.15, 0.2) is 91.0 Å². The molecule has 0 bridgehead atoms. The number of aryl methyl sites for hydroxylation is 1. The molecule has 0 aromatic heterocycles. The number of hydrogen-bond acceptors (Lipinski definition) is 1. The van der Waals surface area contributed by atoms with Crippen molar-refractivity contribution < 1.29 is 4.74 Å². The lowest BCUT2D eigenvalue weighted by Crippen LogP contribution is -1.95. The van der Waals surface area contributed by atoms with Crippen molar-refractivity contribution in [2.24, 2.45) is 0 Å². The van der Waals surface area contributed by atoms with Crippen molar-refractivity contribution in [3.05, 3.63) is 108 Å². The average Bonchev–Trinajstić information content (AvgIpc) is 2.78. The third-order valence-corrected chi connectivity index (χ3v) is 4.91. The zero-order valence-electron chi connectivity index (χ0n) is 17.5. The van der Waals surface area contributed by atoms with E-state index in [9.17, 15) is 0 Å². The van der Waals surface area contributed by atoms with Gasteiger partial charge in [0, 0.05) is 0 Å². The molecule has 0 spiro atoms. The molecule has 0 heterocycles. The van der Waals surface area contributed by atoms with Crippen LogP contribution in [0.4, 0.5) is 0 Å². The summed E-state index contributed by atoms with van der Waals surface area (Å²) in [5.74, 6) is 0.895. The number of ether oxygens (including phenoxy) is 1. The lowest BCUT2D eigenvalue weighted by Gasteiger charge is -2.08. The molecule has 0 amide bonds. The molecule has 0 saturated heterocycles. The van der Waals surface area contributed by atoms with Crippen LogP contribution in [0.1, 0.15) is 43.4 Å². The van der Waals surface area contributed by atoms with Gasteiger partial charge in [-0.2, -0.15) is 0 Å². The second-order valence-corrected chi connectivity index (χ2v) is 7.17. The van der Waals surface area contributed by atoms with Crippen LogP contribution in [0.5, 0.6) is 5.75 Å². The highest BCUT2D eigenvalue weighted by molar-refractivity contribution is 5.64. The van der Waals surface area contributed by atoms with E-state index in [2.05, 4.69) is 98.8 Å². The first-order valence-corrected chi connectivity index (χ1v) is 10.5. The number of rotatable bonds is 9. The maximum Gasteiger partial charge on any atom is 0.119 e. The van der Waals surface area contributed by atoms with Crippen molar-refractivity contribution in [3.63, 3.8) is 0 Å². The normalized spacial score (nSPS) is 11.4. The first-order valence-electron chi connectivity index (χ1n) is 10.5. The van der Waals surface area contributed by atoms with E-state index in [4.69, 9.17) is 4.74 Å². The van der Waals surface area contributed by atoms with E-state index in [0.29, 0.717) is 6.61 Å². The van der Waals surface area contributed by atoms with E-state index < -0.39 is 0 Å². The van der Waals surface area contributed by atoms with Gasteiger partial charge < -0.3 is 4.74 Å². The van der Waals surface area contributed by atoms with E-state index in [1.807, 2.05) is 12.1 Å². The zero-order valence-corrected chi connectivity index (χ0v) is 17.5. The maximum absolute atomic E-state index is 5.95. The van der Waals surface area contributed by atoms with E-state index in [-0.39, 0.29) is 0 Å². The van der Waals surface area contributed by atoms with E-state index in [1.54, 1.807) is 0 Å². The fourth-order valence-corrected chi connectivity index (χ4v) is 3.17. The van der Waals surface area contributed by atoms with Gasteiger partial charge in [0.15, 0.2) is 0 Å². The molecular weight excluding hydrogens is 352 g/mol. The minimum absolute atomic E-state index is 0.581. The standard InChI is InChI=1S/C28H30O/c1-3-5-7-9-24-14-16-26(17-15-24)27-18-20-28(21-19-27)29-22-25-12-10-23(11-13-25)8-6-4-2/h3,5-6,8,10-21H,4,7,9,22H2,1-2H3/b5-3+,8-6+. The van der Waals surface area contributed by atoms with Gasteiger partial charge in [-0.1, -0.05) is 91.9 Å². The van der Waals surface area contributed by atoms with E-state index >= 15 is 0 Å². The van der Waals surface area contributed by atoms with Crippen LogP contribution in [-0.2, 0) is 13.0 Å². The lowest BCUT2D eigenvalue weighted by atomic mass is 10.0. The predicted octanol–water partition coefficient (Wildman–Crippen LogP) is 7.86. The molecule has 3 aromatic rings. The molecule has 0 saturated carbocycles. The van der Waals surface area contributed by atoms with E-state index in [1.165, 1.54) is 27.8 Å². The summed E-state index contributed by atoms with van der Waals surface area (Å²) in [7, 11) is 0. The number of benzene rings is 3.